The summed E-state index contributed by atoms with van der Waals surface area (Å²) in [5, 5.41) is 0. The van der Waals surface area contributed by atoms with Gasteiger partial charge in [0.05, 0.1) is 0 Å². The topological polar surface area (TPSA) is 0 Å². The van der Waals surface area contributed by atoms with E-state index in [0.29, 0.717) is 5.92 Å². The molecule has 0 aromatic heterocycles. The van der Waals surface area contributed by atoms with Crippen molar-refractivity contribution in [2.75, 3.05) is 0 Å². The molecule has 0 bridgehead atoms. The van der Waals surface area contributed by atoms with Crippen molar-refractivity contribution in [2.45, 2.75) is 84.2 Å². The van der Waals surface area contributed by atoms with E-state index in [2.05, 4.69) is 146 Å². The first-order valence-electron chi connectivity index (χ1n) is 16.2. The molecule has 0 aliphatic heterocycles. The number of allylic oxidation sites excluding steroid dienone is 6. The molecule has 43 heavy (non-hydrogen) atoms. The van der Waals surface area contributed by atoms with Crippen molar-refractivity contribution in [3.8, 4) is 11.1 Å². The predicted octanol–water partition coefficient (Wildman–Crippen LogP) is 10.5. The zero-order valence-corrected chi connectivity index (χ0v) is 30.5. The van der Waals surface area contributed by atoms with Crippen LogP contribution in [0.1, 0.15) is 94.3 Å². The summed E-state index contributed by atoms with van der Waals surface area (Å²) >= 11 is -4.29. The predicted molar refractivity (Wildman–Crippen MR) is 186 cm³/mol. The van der Waals surface area contributed by atoms with Gasteiger partial charge in [-0.05, 0) is 0 Å². The van der Waals surface area contributed by atoms with Crippen LogP contribution in [0.25, 0.3) is 23.3 Å². The molecule has 220 valence electrons. The first-order valence-corrected chi connectivity index (χ1v) is 24.1. The van der Waals surface area contributed by atoms with Gasteiger partial charge in [0.25, 0.3) is 0 Å². The molecule has 1 unspecified atom stereocenters. The third-order valence-electron chi connectivity index (χ3n) is 11.7. The Kier molecular flexibility index (Phi) is 5.93. The van der Waals surface area contributed by atoms with Crippen LogP contribution in [0.2, 0.25) is 4.63 Å². The Hall–Kier alpha value is -2.63. The van der Waals surface area contributed by atoms with Gasteiger partial charge in [0, 0.05) is 0 Å². The van der Waals surface area contributed by atoms with Crippen LogP contribution in [0.5, 0.6) is 0 Å². The molecule has 0 saturated heterocycles. The summed E-state index contributed by atoms with van der Waals surface area (Å²) in [6.07, 6.45) is 13.4. The van der Waals surface area contributed by atoms with Crippen molar-refractivity contribution >= 4 is 19.6 Å². The third kappa shape index (κ3) is 3.99. The van der Waals surface area contributed by atoms with Crippen molar-refractivity contribution in [3.63, 3.8) is 0 Å². The van der Waals surface area contributed by atoms with Gasteiger partial charge in [-0.15, -0.1) is 0 Å². The van der Waals surface area contributed by atoms with Crippen LogP contribution in [-0.2, 0) is 35.5 Å². The van der Waals surface area contributed by atoms with Gasteiger partial charge < -0.3 is 0 Å². The molecule has 0 N–H and O–H groups in total. The molecule has 1 heteroatoms. The Morgan fingerprint density at radius 3 is 2.05 bits per heavy atom. The van der Waals surface area contributed by atoms with Crippen LogP contribution in [-0.4, -0.2) is 4.21 Å². The molecular formula is C42H48Zr. The van der Waals surface area contributed by atoms with Crippen molar-refractivity contribution in [1.29, 1.82) is 0 Å². The fraction of sp³-hybridized carbons (Fsp3) is 0.357. The van der Waals surface area contributed by atoms with Gasteiger partial charge in [0.15, 0.2) is 0 Å². The Labute approximate surface area is 260 Å². The van der Waals surface area contributed by atoms with Crippen LogP contribution in [0.3, 0.4) is 0 Å². The second kappa shape index (κ2) is 8.76. The first-order chi connectivity index (χ1) is 19.9. The summed E-state index contributed by atoms with van der Waals surface area (Å²) in [6, 6.07) is 19.5. The quantitative estimate of drug-likeness (QED) is 0.208. The summed E-state index contributed by atoms with van der Waals surface area (Å²) in [5.74, 6) is 0.389. The molecule has 4 aliphatic carbocycles. The number of benzene rings is 3. The summed E-state index contributed by atoms with van der Waals surface area (Å²) < 4.78 is 12.8. The van der Waals surface area contributed by atoms with Gasteiger partial charge in [-0.1, -0.05) is 0 Å². The van der Waals surface area contributed by atoms with Crippen molar-refractivity contribution < 1.29 is 18.3 Å². The van der Waals surface area contributed by atoms with Gasteiger partial charge in [-0.2, -0.15) is 0 Å². The van der Waals surface area contributed by atoms with E-state index in [1.54, 1.807) is 6.56 Å². The van der Waals surface area contributed by atoms with Gasteiger partial charge in [-0.25, -0.2) is 0 Å². The van der Waals surface area contributed by atoms with Crippen LogP contribution in [0, 0.1) is 18.3 Å². The zero-order valence-electron chi connectivity index (χ0n) is 28.0. The SMILES string of the molecule is [CH2]=[Zr]([CH3])([C]1=CC(C(C)(C)C)=CC1C)([C]1=Cc2cc3c(cc2C1(C)C)Cc1cc2c(cc1-3)C=CC2(C)C)[c]1ccc(C)cc1. The molecule has 0 amide bonds. The van der Waals surface area contributed by atoms with E-state index >= 15 is 0 Å². The average molecular weight is 644 g/mol. The molecule has 1 atom stereocenters. The second-order valence-corrected chi connectivity index (χ2v) is 30.8. The first kappa shape index (κ1) is 29.1. The molecule has 0 saturated carbocycles. The monoisotopic (exact) mass is 642 g/mol. The van der Waals surface area contributed by atoms with Gasteiger partial charge >= 0.3 is 262 Å². The Morgan fingerprint density at radius 2 is 1.44 bits per heavy atom. The molecular weight excluding hydrogens is 596 g/mol. The maximum atomic E-state index is 5.51. The molecule has 0 spiro atoms. The molecule has 4 aliphatic rings. The molecule has 0 nitrogen and oxygen atoms in total. The number of aryl methyl sites for hydroxylation is 1. The van der Waals surface area contributed by atoms with Crippen molar-refractivity contribution in [1.82, 2.24) is 0 Å². The van der Waals surface area contributed by atoms with Crippen LogP contribution < -0.4 is 3.27 Å². The van der Waals surface area contributed by atoms with E-state index in [1.165, 1.54) is 58.9 Å². The summed E-state index contributed by atoms with van der Waals surface area (Å²) in [6.45, 7) is 21.3. The molecule has 0 heterocycles. The van der Waals surface area contributed by atoms with Gasteiger partial charge in [0.1, 0.15) is 0 Å². The van der Waals surface area contributed by atoms with Crippen LogP contribution >= 0.6 is 0 Å². The van der Waals surface area contributed by atoms with E-state index in [-0.39, 0.29) is 16.2 Å². The van der Waals surface area contributed by atoms with Gasteiger partial charge in [-0.3, -0.25) is 0 Å². The molecule has 3 aromatic rings. The van der Waals surface area contributed by atoms with Crippen LogP contribution in [0.4, 0.5) is 0 Å². The van der Waals surface area contributed by atoms with Gasteiger partial charge in [0.2, 0.25) is 0 Å². The number of hydrogen-bond donors (Lipinski definition) is 0. The fourth-order valence-corrected chi connectivity index (χ4v) is 24.4. The molecule has 7 rings (SSSR count). The minimum absolute atomic E-state index is 0.0939. The van der Waals surface area contributed by atoms with E-state index in [1.807, 2.05) is 0 Å². The summed E-state index contributed by atoms with van der Waals surface area (Å²) in [4.78, 5) is 0. The standard InChI is InChI=1S/C23H21.C10H15.C7H7.CH3.CH2.Zr/c1-22(2)7-5-14-10-18-16(12-20(14)22)9-17-13-21-15(11-19(17)18)6-8-23(21,3)4;1-8-5-6-9(7-8)10(2,3)4;1-7-5-3-2-4-6-7;;;/h5-7,10-13H,9H2,1-4H3;6-8H,1-4H3;3-6H,1H3;1H3;1H2;. The molecule has 3 aromatic carbocycles. The van der Waals surface area contributed by atoms with Crippen molar-refractivity contribution in [2.24, 2.45) is 11.3 Å². The van der Waals surface area contributed by atoms with Crippen LogP contribution in [0.15, 0.2) is 78.9 Å². The average Bonchev–Trinajstić information content (AvgIpc) is 3.64. The zero-order chi connectivity index (χ0) is 30.9. The summed E-state index contributed by atoms with van der Waals surface area (Å²) in [7, 11) is 0. The van der Waals surface area contributed by atoms with E-state index in [9.17, 15) is 0 Å². The maximum absolute atomic E-state index is 5.51. The minimum atomic E-state index is -4.29. The fourth-order valence-electron chi connectivity index (χ4n) is 9.06. The number of fused-ring (bicyclic) bond motifs is 5. The Bertz CT molecular complexity index is 1940. The second-order valence-electron chi connectivity index (χ2n) is 16.7. The third-order valence-corrected chi connectivity index (χ3v) is 27.1. The normalized spacial score (nSPS) is 21.2. The Balaban J connectivity index is 1.43. The molecule has 0 fully saturated rings. The number of rotatable bonds is 3. The van der Waals surface area contributed by atoms with E-state index in [4.69, 9.17) is 4.21 Å². The summed E-state index contributed by atoms with van der Waals surface area (Å²) in [5.41, 5.74) is 14.5. The number of hydrogen-bond acceptors (Lipinski definition) is 0. The van der Waals surface area contributed by atoms with Crippen molar-refractivity contribution in [3.05, 3.63) is 118 Å². The van der Waals surface area contributed by atoms with E-state index in [0.717, 1.165) is 6.42 Å². The molecule has 0 radical (unpaired) electrons. The van der Waals surface area contributed by atoms with E-state index < -0.39 is 18.3 Å². The Morgan fingerprint density at radius 1 is 0.837 bits per heavy atom.